The van der Waals surface area contributed by atoms with Crippen LogP contribution in [0.3, 0.4) is 0 Å². The van der Waals surface area contributed by atoms with Gasteiger partial charge in [-0.05, 0) is 52.0 Å². The summed E-state index contributed by atoms with van der Waals surface area (Å²) in [6, 6.07) is 8.72. The van der Waals surface area contributed by atoms with Crippen molar-refractivity contribution in [1.82, 2.24) is 4.90 Å². The second-order valence-corrected chi connectivity index (χ2v) is 9.89. The van der Waals surface area contributed by atoms with Crippen LogP contribution < -0.4 is 4.74 Å². The van der Waals surface area contributed by atoms with Gasteiger partial charge in [0.15, 0.2) is 0 Å². The maximum Gasteiger partial charge on any atom is 0.253 e. The van der Waals surface area contributed by atoms with Crippen molar-refractivity contribution in [3.05, 3.63) is 64.7 Å². The average molecular weight is 460 g/mol. The summed E-state index contributed by atoms with van der Waals surface area (Å²) < 4.78 is 40.8. The number of benzene rings is 2. The van der Waals surface area contributed by atoms with Gasteiger partial charge in [-0.15, -0.1) is 0 Å². The van der Waals surface area contributed by atoms with Crippen molar-refractivity contribution in [3.63, 3.8) is 0 Å². The van der Waals surface area contributed by atoms with E-state index < -0.39 is 17.0 Å². The zero-order chi connectivity index (χ0) is 24.0. The molecule has 1 fully saturated rings. The first-order chi connectivity index (χ1) is 15.5. The molecule has 5 nitrogen and oxygen atoms in total. The van der Waals surface area contributed by atoms with Crippen LogP contribution in [0, 0.1) is 11.6 Å². The summed E-state index contributed by atoms with van der Waals surface area (Å²) in [5.41, 5.74) is -0.640. The molecule has 2 heterocycles. The van der Waals surface area contributed by atoms with Crippen molar-refractivity contribution in [2.45, 2.75) is 70.4 Å². The Balaban J connectivity index is 1.50. The maximum atomic E-state index is 14.5. The Kier molecular flexibility index (Phi) is 6.22. The molecule has 1 unspecified atom stereocenters. The number of piperidine rings is 1. The Bertz CT molecular complexity index is 1040. The van der Waals surface area contributed by atoms with Crippen molar-refractivity contribution in [3.8, 4) is 5.75 Å². The summed E-state index contributed by atoms with van der Waals surface area (Å²) in [4.78, 5) is 14.7. The number of carbonyl (C=O) groups excluding carboxylic acids is 1. The second-order valence-electron chi connectivity index (χ2n) is 9.89. The number of hydrogen-bond donors (Lipinski definition) is 1. The molecule has 7 heteroatoms. The lowest BCUT2D eigenvalue weighted by molar-refractivity contribution is -0.0873. The molecular formula is C26H31F2NO4. The van der Waals surface area contributed by atoms with Gasteiger partial charge >= 0.3 is 0 Å². The van der Waals surface area contributed by atoms with Crippen molar-refractivity contribution in [2.75, 3.05) is 13.1 Å². The molecule has 0 saturated carbocycles. The monoisotopic (exact) mass is 459 g/mol. The molecule has 33 heavy (non-hydrogen) atoms. The predicted octanol–water partition coefficient (Wildman–Crippen LogP) is 5.12. The fourth-order valence-electron chi connectivity index (χ4n) is 4.79. The van der Waals surface area contributed by atoms with E-state index >= 15 is 0 Å². The van der Waals surface area contributed by atoms with Gasteiger partial charge in [-0.25, -0.2) is 8.78 Å². The molecule has 0 radical (unpaired) electrons. The Labute approximate surface area is 193 Å². The van der Waals surface area contributed by atoms with E-state index in [4.69, 9.17) is 9.47 Å². The Morgan fingerprint density at radius 2 is 1.88 bits per heavy atom. The zero-order valence-corrected chi connectivity index (χ0v) is 19.5. The molecule has 0 bridgehead atoms. The zero-order valence-electron chi connectivity index (χ0n) is 19.5. The minimum atomic E-state index is -1.33. The molecule has 0 aromatic heterocycles. The van der Waals surface area contributed by atoms with Crippen LogP contribution in [0.1, 0.15) is 74.5 Å². The van der Waals surface area contributed by atoms with Gasteiger partial charge in [0.2, 0.25) is 0 Å². The van der Waals surface area contributed by atoms with E-state index in [1.54, 1.807) is 17.0 Å². The molecule has 2 aliphatic rings. The van der Waals surface area contributed by atoms with E-state index in [0.29, 0.717) is 38.1 Å². The maximum absolute atomic E-state index is 14.5. The summed E-state index contributed by atoms with van der Waals surface area (Å²) >= 11 is 0. The number of aliphatic hydroxyl groups is 1. The van der Waals surface area contributed by atoms with Gasteiger partial charge < -0.3 is 19.5 Å². The molecular weight excluding hydrogens is 428 g/mol. The van der Waals surface area contributed by atoms with E-state index in [1.807, 2.05) is 13.8 Å². The number of amides is 1. The Morgan fingerprint density at radius 3 is 2.48 bits per heavy atom. The first-order valence-corrected chi connectivity index (χ1v) is 11.4. The fraction of sp³-hybridized carbons (Fsp3) is 0.500. The van der Waals surface area contributed by atoms with Gasteiger partial charge in [0, 0.05) is 55.1 Å². The third-order valence-electron chi connectivity index (χ3n) is 6.48. The van der Waals surface area contributed by atoms with E-state index in [1.165, 1.54) is 38.1 Å². The third kappa shape index (κ3) is 4.89. The number of rotatable bonds is 4. The number of halogens is 2. The molecule has 4 rings (SSSR count). The molecule has 1 saturated heterocycles. The van der Waals surface area contributed by atoms with E-state index in [2.05, 4.69) is 0 Å². The highest BCUT2D eigenvalue weighted by Gasteiger charge is 2.45. The van der Waals surface area contributed by atoms with Crippen LogP contribution in [0.2, 0.25) is 0 Å². The van der Waals surface area contributed by atoms with Gasteiger partial charge in [0.25, 0.3) is 5.91 Å². The molecule has 1 atom stereocenters. The van der Waals surface area contributed by atoms with E-state index in [-0.39, 0.29) is 35.1 Å². The predicted molar refractivity (Wildman–Crippen MR) is 120 cm³/mol. The smallest absolute Gasteiger partial charge is 0.253 e. The van der Waals surface area contributed by atoms with Crippen molar-refractivity contribution in [1.29, 1.82) is 0 Å². The lowest BCUT2D eigenvalue weighted by atomic mass is 9.81. The van der Waals surface area contributed by atoms with Gasteiger partial charge in [-0.2, -0.15) is 0 Å². The molecule has 1 N–H and O–H groups in total. The number of fused-ring (bicyclic) bond motifs is 1. The Morgan fingerprint density at radius 1 is 1.18 bits per heavy atom. The van der Waals surface area contributed by atoms with Crippen LogP contribution in [0.4, 0.5) is 8.78 Å². The lowest BCUT2D eigenvalue weighted by Gasteiger charge is -2.47. The summed E-state index contributed by atoms with van der Waals surface area (Å²) in [5.74, 6) is -0.734. The van der Waals surface area contributed by atoms with Crippen LogP contribution in [0.15, 0.2) is 36.4 Å². The van der Waals surface area contributed by atoms with Crippen LogP contribution in [0.25, 0.3) is 0 Å². The lowest BCUT2D eigenvalue weighted by Crippen LogP contribution is -2.52. The SMILES string of the molecule is CC(C)OC1CC2(CCN(C(=O)c3ccc(C(C)(C)O)c(F)c3)CC2)Oc2cc(F)ccc21. The number of carbonyl (C=O) groups is 1. The Hall–Kier alpha value is -2.51. The number of hydrogen-bond acceptors (Lipinski definition) is 4. The quantitative estimate of drug-likeness (QED) is 0.690. The molecule has 178 valence electrons. The highest BCUT2D eigenvalue weighted by atomic mass is 19.1. The highest BCUT2D eigenvalue weighted by Crippen LogP contribution is 2.46. The summed E-state index contributed by atoms with van der Waals surface area (Å²) in [6.45, 7) is 7.81. The van der Waals surface area contributed by atoms with Gasteiger partial charge in [-0.3, -0.25) is 4.79 Å². The normalized spacial score (nSPS) is 20.0. The van der Waals surface area contributed by atoms with Crippen molar-refractivity contribution < 1.29 is 28.2 Å². The molecule has 1 spiro atoms. The molecule has 2 aromatic carbocycles. The van der Waals surface area contributed by atoms with Gasteiger partial charge in [-0.1, -0.05) is 6.07 Å². The standard InChI is InChI=1S/C26H31F2NO4/c1-16(2)32-23-15-26(33-22-14-18(27)6-7-19(22)23)9-11-29(12-10-26)24(30)17-5-8-20(21(28)13-17)25(3,4)31/h5-8,13-14,16,23,31H,9-12,15H2,1-4H3. The van der Waals surface area contributed by atoms with E-state index in [0.717, 1.165) is 5.56 Å². The van der Waals surface area contributed by atoms with Gasteiger partial charge in [0.1, 0.15) is 23.0 Å². The summed E-state index contributed by atoms with van der Waals surface area (Å²) in [6.07, 6.45) is 1.56. The molecule has 0 aliphatic carbocycles. The molecule has 2 aliphatic heterocycles. The van der Waals surface area contributed by atoms with Crippen LogP contribution in [0.5, 0.6) is 5.75 Å². The van der Waals surface area contributed by atoms with Gasteiger partial charge in [0.05, 0.1) is 17.8 Å². The number of likely N-dealkylation sites (tertiary alicyclic amines) is 1. The van der Waals surface area contributed by atoms with E-state index in [9.17, 15) is 18.7 Å². The van der Waals surface area contributed by atoms with Crippen LogP contribution in [-0.2, 0) is 10.3 Å². The summed E-state index contributed by atoms with van der Waals surface area (Å²) in [5, 5.41) is 10.1. The first-order valence-electron chi connectivity index (χ1n) is 11.4. The largest absolute Gasteiger partial charge is 0.487 e. The number of nitrogens with zero attached hydrogens (tertiary/aromatic N) is 1. The molecule has 2 aromatic rings. The van der Waals surface area contributed by atoms with Crippen molar-refractivity contribution in [2.24, 2.45) is 0 Å². The molecule has 1 amide bonds. The number of ether oxygens (including phenoxy) is 2. The highest BCUT2D eigenvalue weighted by molar-refractivity contribution is 5.94. The topological polar surface area (TPSA) is 59.0 Å². The third-order valence-corrected chi connectivity index (χ3v) is 6.48. The van der Waals surface area contributed by atoms with Crippen LogP contribution >= 0.6 is 0 Å². The minimum Gasteiger partial charge on any atom is -0.487 e. The minimum absolute atomic E-state index is 0.00601. The summed E-state index contributed by atoms with van der Waals surface area (Å²) in [7, 11) is 0. The fourth-order valence-corrected chi connectivity index (χ4v) is 4.79. The van der Waals surface area contributed by atoms with Crippen LogP contribution in [-0.4, -0.2) is 40.7 Å². The second kappa shape index (κ2) is 8.69. The first kappa shape index (κ1) is 23.6. The average Bonchev–Trinajstić information content (AvgIpc) is 2.72. The van der Waals surface area contributed by atoms with Crippen molar-refractivity contribution >= 4 is 5.91 Å².